The molecule has 0 radical (unpaired) electrons. The fraction of sp³-hybridized carbons (Fsp3) is 0.727. The van der Waals surface area contributed by atoms with Crippen LogP contribution in [0.1, 0.15) is 26.7 Å². The van der Waals surface area contributed by atoms with Crippen molar-refractivity contribution in [3.8, 4) is 0 Å². The van der Waals surface area contributed by atoms with E-state index in [0.29, 0.717) is 11.5 Å². The summed E-state index contributed by atoms with van der Waals surface area (Å²) in [6.07, 6.45) is 1.66. The molecule has 1 N–H and O–H groups in total. The lowest BCUT2D eigenvalue weighted by atomic mass is 10.1. The van der Waals surface area contributed by atoms with E-state index >= 15 is 0 Å². The van der Waals surface area contributed by atoms with Crippen molar-refractivity contribution in [2.75, 3.05) is 5.75 Å². The second-order valence-electron chi connectivity index (χ2n) is 4.91. The molecule has 1 saturated carbocycles. The van der Waals surface area contributed by atoms with Crippen LogP contribution in [0.2, 0.25) is 0 Å². The van der Waals surface area contributed by atoms with Gasteiger partial charge in [-0.1, -0.05) is 13.8 Å². The van der Waals surface area contributed by atoms with Gasteiger partial charge in [0.25, 0.3) is 0 Å². The molecule has 1 saturated heterocycles. The Labute approximate surface area is 91.8 Å². The zero-order valence-corrected chi connectivity index (χ0v) is 9.84. The molecule has 2 rings (SSSR count). The third-order valence-electron chi connectivity index (χ3n) is 3.53. The number of aliphatic carboxylic acids is 1. The lowest BCUT2D eigenvalue weighted by molar-refractivity contribution is -0.139. The predicted octanol–water partition coefficient (Wildman–Crippen LogP) is 1.73. The number of hydrogen-bond donors (Lipinski definition) is 1. The molecule has 1 aliphatic heterocycles. The minimum Gasteiger partial charge on any atom is -0.481 e. The number of rotatable bonds is 2. The van der Waals surface area contributed by atoms with Crippen LogP contribution >= 0.6 is 10.5 Å². The molecule has 0 aromatic rings. The maximum absolute atomic E-state index is 11.5. The number of carboxylic acid groups (broad SMARTS) is 1. The minimum atomic E-state index is -0.725. The third kappa shape index (κ3) is 1.75. The van der Waals surface area contributed by atoms with E-state index in [0.717, 1.165) is 12.2 Å². The van der Waals surface area contributed by atoms with Crippen LogP contribution in [0, 0.1) is 17.3 Å². The molecule has 0 bridgehead atoms. The number of hydrogen-bond acceptors (Lipinski definition) is 2. The van der Waals surface area contributed by atoms with Gasteiger partial charge in [-0.2, -0.15) is 0 Å². The summed E-state index contributed by atoms with van der Waals surface area (Å²) in [5.74, 6) is 0.0351. The van der Waals surface area contributed by atoms with Crippen LogP contribution in [0.5, 0.6) is 0 Å². The minimum absolute atomic E-state index is 0.0976. The zero-order chi connectivity index (χ0) is 11.2. The lowest BCUT2D eigenvalue weighted by Gasteiger charge is -1.99. The van der Waals surface area contributed by atoms with Crippen molar-refractivity contribution >= 4 is 26.9 Å². The van der Waals surface area contributed by atoms with Crippen LogP contribution in [-0.2, 0) is 9.59 Å². The quantitative estimate of drug-likeness (QED) is 0.732. The standard InChI is InChI=1S/C11H16O3S/c1-11(2)7(9(11)10(13)14)6-15-5-3-4-8(15)12/h6-7,9H,3-5H2,1-2H3,(H,13,14). The summed E-state index contributed by atoms with van der Waals surface area (Å²) >= 11 is 0. The molecular weight excluding hydrogens is 212 g/mol. The fourth-order valence-electron chi connectivity index (χ4n) is 2.34. The van der Waals surface area contributed by atoms with Gasteiger partial charge >= 0.3 is 5.97 Å². The van der Waals surface area contributed by atoms with Gasteiger partial charge in [-0.15, -0.1) is 10.5 Å². The Kier molecular flexibility index (Phi) is 2.49. The van der Waals surface area contributed by atoms with Gasteiger partial charge in [0.05, 0.1) is 5.92 Å². The van der Waals surface area contributed by atoms with Gasteiger partial charge in [0.1, 0.15) is 0 Å². The fourth-order valence-corrected chi connectivity index (χ4v) is 4.58. The molecule has 2 fully saturated rings. The summed E-state index contributed by atoms with van der Waals surface area (Å²) in [4.78, 5) is 22.4. The first-order chi connectivity index (χ1) is 6.94. The lowest BCUT2D eigenvalue weighted by Crippen LogP contribution is -2.03. The highest BCUT2D eigenvalue weighted by atomic mass is 32.2. The Bertz CT molecular complexity index is 357. The highest BCUT2D eigenvalue weighted by Gasteiger charge is 2.61. The smallest absolute Gasteiger partial charge is 0.307 e. The predicted molar refractivity (Wildman–Crippen MR) is 61.2 cm³/mol. The molecule has 3 unspecified atom stereocenters. The molecule has 3 atom stereocenters. The van der Waals surface area contributed by atoms with Gasteiger partial charge < -0.3 is 5.11 Å². The first-order valence-electron chi connectivity index (χ1n) is 5.25. The van der Waals surface area contributed by atoms with Crippen molar-refractivity contribution in [1.82, 2.24) is 0 Å². The van der Waals surface area contributed by atoms with Crippen LogP contribution < -0.4 is 0 Å². The monoisotopic (exact) mass is 228 g/mol. The highest BCUT2D eigenvalue weighted by molar-refractivity contribution is 8.28. The van der Waals surface area contributed by atoms with E-state index in [1.807, 2.05) is 19.2 Å². The second kappa shape index (κ2) is 3.44. The van der Waals surface area contributed by atoms with Crippen molar-refractivity contribution in [1.29, 1.82) is 0 Å². The number of carbonyl (C=O) groups excluding carboxylic acids is 1. The Morgan fingerprint density at radius 3 is 2.67 bits per heavy atom. The van der Waals surface area contributed by atoms with E-state index in [-0.39, 0.29) is 27.7 Å². The molecule has 0 spiro atoms. The topological polar surface area (TPSA) is 54.4 Å². The highest BCUT2D eigenvalue weighted by Crippen LogP contribution is 2.58. The van der Waals surface area contributed by atoms with E-state index < -0.39 is 5.97 Å². The van der Waals surface area contributed by atoms with Crippen LogP contribution in [0.3, 0.4) is 0 Å². The first-order valence-corrected chi connectivity index (χ1v) is 6.70. The van der Waals surface area contributed by atoms with Crippen molar-refractivity contribution in [3.05, 3.63) is 0 Å². The largest absolute Gasteiger partial charge is 0.481 e. The molecule has 3 nitrogen and oxygen atoms in total. The molecule has 4 heteroatoms. The third-order valence-corrected chi connectivity index (χ3v) is 5.66. The van der Waals surface area contributed by atoms with Gasteiger partial charge in [-0.3, -0.25) is 9.59 Å². The number of carboxylic acids is 1. The maximum Gasteiger partial charge on any atom is 0.307 e. The van der Waals surface area contributed by atoms with Crippen LogP contribution in [0.15, 0.2) is 0 Å². The zero-order valence-electron chi connectivity index (χ0n) is 9.03. The van der Waals surface area contributed by atoms with Crippen LogP contribution in [0.4, 0.5) is 0 Å². The first kappa shape index (κ1) is 10.9. The molecule has 0 aromatic carbocycles. The Balaban J connectivity index is 2.15. The molecule has 1 aliphatic carbocycles. The van der Waals surface area contributed by atoms with Crippen molar-refractivity contribution in [2.45, 2.75) is 26.7 Å². The summed E-state index contributed by atoms with van der Waals surface area (Å²) < 4.78 is 0. The Morgan fingerprint density at radius 2 is 2.27 bits per heavy atom. The van der Waals surface area contributed by atoms with Gasteiger partial charge in [0, 0.05) is 12.3 Å². The van der Waals surface area contributed by atoms with Crippen LogP contribution in [0.25, 0.3) is 0 Å². The average molecular weight is 228 g/mol. The van der Waals surface area contributed by atoms with E-state index in [1.54, 1.807) is 0 Å². The van der Waals surface area contributed by atoms with Gasteiger partial charge in [-0.25, -0.2) is 0 Å². The van der Waals surface area contributed by atoms with Crippen LogP contribution in [-0.4, -0.2) is 27.3 Å². The average Bonchev–Trinajstić information content (AvgIpc) is 2.47. The van der Waals surface area contributed by atoms with E-state index in [1.165, 1.54) is 0 Å². The summed E-state index contributed by atoms with van der Waals surface area (Å²) in [6.45, 7) is 3.94. The molecule has 1 heterocycles. The normalized spacial score (nSPS) is 38.3. The summed E-state index contributed by atoms with van der Waals surface area (Å²) in [5, 5.41) is 11.3. The molecule has 0 aromatic heterocycles. The molecule has 84 valence electrons. The SMILES string of the molecule is CC1(C)C(C=S2CCCC2=O)C1C(=O)O. The van der Waals surface area contributed by atoms with Gasteiger partial charge in [0.15, 0.2) is 5.12 Å². The molecule has 2 aliphatic rings. The van der Waals surface area contributed by atoms with Crippen molar-refractivity contribution in [2.24, 2.45) is 17.3 Å². The summed E-state index contributed by atoms with van der Waals surface area (Å²) in [7, 11) is -0.251. The van der Waals surface area contributed by atoms with Crippen molar-refractivity contribution < 1.29 is 14.7 Å². The van der Waals surface area contributed by atoms with E-state index in [9.17, 15) is 9.59 Å². The second-order valence-corrected chi connectivity index (χ2v) is 6.90. The van der Waals surface area contributed by atoms with Crippen molar-refractivity contribution in [3.63, 3.8) is 0 Å². The van der Waals surface area contributed by atoms with Gasteiger partial charge in [0.2, 0.25) is 0 Å². The Morgan fingerprint density at radius 1 is 1.60 bits per heavy atom. The van der Waals surface area contributed by atoms with E-state index in [2.05, 4.69) is 0 Å². The summed E-state index contributed by atoms with van der Waals surface area (Å²) in [6, 6.07) is 0. The molecule has 0 amide bonds. The van der Waals surface area contributed by atoms with Gasteiger partial charge in [-0.05, 0) is 23.0 Å². The number of carbonyl (C=O) groups is 2. The maximum atomic E-state index is 11.5. The van der Waals surface area contributed by atoms with E-state index in [4.69, 9.17) is 5.11 Å². The Hall–Kier alpha value is -0.640. The summed E-state index contributed by atoms with van der Waals surface area (Å²) in [5.41, 5.74) is -0.151. The molecular formula is C11H16O3S. The molecule has 15 heavy (non-hydrogen) atoms.